The van der Waals surface area contributed by atoms with E-state index in [1.165, 1.54) is 12.1 Å². The van der Waals surface area contributed by atoms with Crippen LogP contribution in [0.15, 0.2) is 24.3 Å². The van der Waals surface area contributed by atoms with E-state index in [0.717, 1.165) is 31.6 Å². The van der Waals surface area contributed by atoms with E-state index < -0.39 is 5.97 Å². The van der Waals surface area contributed by atoms with Crippen LogP contribution in [0.4, 0.5) is 4.39 Å². The fraction of sp³-hybridized carbons (Fsp3) is 0.533. The first-order valence-corrected chi connectivity index (χ1v) is 6.96. The van der Waals surface area contributed by atoms with E-state index in [9.17, 15) is 9.18 Å². The van der Waals surface area contributed by atoms with Crippen molar-refractivity contribution in [2.24, 2.45) is 0 Å². The van der Waals surface area contributed by atoms with Gasteiger partial charge in [-0.1, -0.05) is 12.1 Å². The summed E-state index contributed by atoms with van der Waals surface area (Å²) in [6, 6.07) is 6.51. The average molecular weight is 281 g/mol. The average Bonchev–Trinajstić information content (AvgIpc) is 2.44. The van der Waals surface area contributed by atoms with Crippen LogP contribution in [0.2, 0.25) is 0 Å². The van der Waals surface area contributed by atoms with E-state index in [-0.39, 0.29) is 18.3 Å². The molecule has 1 atom stereocenters. The van der Waals surface area contributed by atoms with Gasteiger partial charge < -0.3 is 9.84 Å². The molecule has 1 fully saturated rings. The first kappa shape index (κ1) is 14.9. The van der Waals surface area contributed by atoms with E-state index >= 15 is 0 Å². The van der Waals surface area contributed by atoms with E-state index in [1.807, 2.05) is 6.07 Å². The summed E-state index contributed by atoms with van der Waals surface area (Å²) in [5.41, 5.74) is 0.861. The molecular formula is C15H20FNO3. The number of hydrogen-bond acceptors (Lipinski definition) is 3. The van der Waals surface area contributed by atoms with Crippen LogP contribution >= 0.6 is 0 Å². The van der Waals surface area contributed by atoms with E-state index in [1.54, 1.807) is 6.07 Å². The lowest BCUT2D eigenvalue weighted by Gasteiger charge is -2.33. The third kappa shape index (κ3) is 4.58. The van der Waals surface area contributed by atoms with E-state index in [4.69, 9.17) is 9.84 Å². The summed E-state index contributed by atoms with van der Waals surface area (Å²) in [6.45, 7) is 3.07. The Morgan fingerprint density at radius 2 is 2.30 bits per heavy atom. The number of nitrogens with zero attached hydrogens (tertiary/aromatic N) is 1. The second-order valence-corrected chi connectivity index (χ2v) is 5.07. The van der Waals surface area contributed by atoms with Gasteiger partial charge in [0.05, 0.1) is 12.7 Å². The SMILES string of the molecule is O=C(O)CCCCN1CCOC(c2cccc(F)c2)C1. The molecule has 0 aliphatic carbocycles. The predicted octanol–water partition coefficient (Wildman–Crippen LogP) is 2.45. The van der Waals surface area contributed by atoms with Gasteiger partial charge in [0.2, 0.25) is 0 Å². The molecule has 0 spiro atoms. The summed E-state index contributed by atoms with van der Waals surface area (Å²) < 4.78 is 18.9. The number of carbonyl (C=O) groups is 1. The molecule has 1 unspecified atom stereocenters. The summed E-state index contributed by atoms with van der Waals surface area (Å²) >= 11 is 0. The van der Waals surface area contributed by atoms with Gasteiger partial charge in [-0.2, -0.15) is 0 Å². The first-order valence-electron chi connectivity index (χ1n) is 6.96. The second-order valence-electron chi connectivity index (χ2n) is 5.07. The molecule has 4 nitrogen and oxygen atoms in total. The summed E-state index contributed by atoms with van der Waals surface area (Å²) in [6.07, 6.45) is 1.68. The molecule has 1 aromatic carbocycles. The zero-order valence-corrected chi connectivity index (χ0v) is 11.4. The van der Waals surface area contributed by atoms with Gasteiger partial charge in [-0.05, 0) is 37.1 Å². The van der Waals surface area contributed by atoms with Crippen LogP contribution in [0.3, 0.4) is 0 Å². The van der Waals surface area contributed by atoms with Crippen molar-refractivity contribution in [3.8, 4) is 0 Å². The van der Waals surface area contributed by atoms with Crippen molar-refractivity contribution in [2.45, 2.75) is 25.4 Å². The molecule has 1 aliphatic heterocycles. The Morgan fingerprint density at radius 3 is 3.05 bits per heavy atom. The van der Waals surface area contributed by atoms with Crippen molar-refractivity contribution in [3.63, 3.8) is 0 Å². The molecule has 0 aromatic heterocycles. The van der Waals surface area contributed by atoms with Gasteiger partial charge in [0, 0.05) is 19.5 Å². The van der Waals surface area contributed by atoms with Gasteiger partial charge in [-0.25, -0.2) is 4.39 Å². The van der Waals surface area contributed by atoms with Gasteiger partial charge in [-0.3, -0.25) is 9.69 Å². The zero-order chi connectivity index (χ0) is 14.4. The minimum Gasteiger partial charge on any atom is -0.481 e. The molecule has 1 saturated heterocycles. The first-order chi connectivity index (χ1) is 9.65. The van der Waals surface area contributed by atoms with Crippen molar-refractivity contribution in [1.29, 1.82) is 0 Å². The number of unbranched alkanes of at least 4 members (excludes halogenated alkanes) is 1. The Balaban J connectivity index is 1.81. The standard InChI is InChI=1S/C15H20FNO3/c16-13-5-3-4-12(10-13)14-11-17(8-9-20-14)7-2-1-6-15(18)19/h3-5,10,14H,1-2,6-9,11H2,(H,18,19). The third-order valence-corrected chi connectivity index (χ3v) is 3.49. The Hall–Kier alpha value is -1.46. The fourth-order valence-corrected chi connectivity index (χ4v) is 2.43. The number of morpholine rings is 1. The Kier molecular flexibility index (Phi) is 5.49. The lowest BCUT2D eigenvalue weighted by molar-refractivity contribution is -0.137. The highest BCUT2D eigenvalue weighted by Gasteiger charge is 2.21. The molecule has 0 amide bonds. The number of hydrogen-bond donors (Lipinski definition) is 1. The van der Waals surface area contributed by atoms with Gasteiger partial charge in [0.15, 0.2) is 0 Å². The minimum atomic E-state index is -0.746. The second kappa shape index (κ2) is 7.36. The quantitative estimate of drug-likeness (QED) is 0.814. The monoisotopic (exact) mass is 281 g/mol. The highest BCUT2D eigenvalue weighted by molar-refractivity contribution is 5.66. The summed E-state index contributed by atoms with van der Waals surface area (Å²) in [4.78, 5) is 12.7. The molecule has 1 aromatic rings. The summed E-state index contributed by atoms with van der Waals surface area (Å²) in [5.74, 6) is -0.991. The number of rotatable bonds is 6. The lowest BCUT2D eigenvalue weighted by Crippen LogP contribution is -2.38. The largest absolute Gasteiger partial charge is 0.481 e. The number of carboxylic acid groups (broad SMARTS) is 1. The van der Waals surface area contributed by atoms with Crippen LogP contribution < -0.4 is 0 Å². The molecular weight excluding hydrogens is 261 g/mol. The minimum absolute atomic E-state index is 0.0982. The highest BCUT2D eigenvalue weighted by Crippen LogP contribution is 2.23. The van der Waals surface area contributed by atoms with Crippen molar-refractivity contribution in [2.75, 3.05) is 26.2 Å². The molecule has 1 N–H and O–H groups in total. The van der Waals surface area contributed by atoms with Crippen molar-refractivity contribution < 1.29 is 19.0 Å². The summed E-state index contributed by atoms with van der Waals surface area (Å²) in [5, 5.41) is 8.60. The molecule has 110 valence electrons. The van der Waals surface area contributed by atoms with Crippen molar-refractivity contribution >= 4 is 5.97 Å². The molecule has 1 heterocycles. The normalized spacial score (nSPS) is 19.9. The smallest absolute Gasteiger partial charge is 0.303 e. The Bertz CT molecular complexity index is 452. The van der Waals surface area contributed by atoms with Gasteiger partial charge in [0.1, 0.15) is 5.82 Å². The number of benzene rings is 1. The molecule has 0 bridgehead atoms. The highest BCUT2D eigenvalue weighted by atomic mass is 19.1. The Morgan fingerprint density at radius 1 is 1.45 bits per heavy atom. The molecule has 20 heavy (non-hydrogen) atoms. The number of carboxylic acids is 1. The van der Waals surface area contributed by atoms with E-state index in [0.29, 0.717) is 13.0 Å². The maximum Gasteiger partial charge on any atom is 0.303 e. The molecule has 0 saturated carbocycles. The maximum atomic E-state index is 13.2. The van der Waals surface area contributed by atoms with Gasteiger partial charge >= 0.3 is 5.97 Å². The van der Waals surface area contributed by atoms with Crippen LogP contribution in [0.1, 0.15) is 30.9 Å². The molecule has 2 rings (SSSR count). The molecule has 5 heteroatoms. The maximum absolute atomic E-state index is 13.2. The van der Waals surface area contributed by atoms with E-state index in [2.05, 4.69) is 4.90 Å². The van der Waals surface area contributed by atoms with Crippen molar-refractivity contribution in [3.05, 3.63) is 35.6 Å². The van der Waals surface area contributed by atoms with Crippen LogP contribution in [-0.2, 0) is 9.53 Å². The topological polar surface area (TPSA) is 49.8 Å². The number of ether oxygens (including phenoxy) is 1. The molecule has 1 aliphatic rings. The van der Waals surface area contributed by atoms with Crippen LogP contribution in [0, 0.1) is 5.82 Å². The van der Waals surface area contributed by atoms with Gasteiger partial charge in [0.25, 0.3) is 0 Å². The summed E-state index contributed by atoms with van der Waals surface area (Å²) in [7, 11) is 0. The number of halogens is 1. The van der Waals surface area contributed by atoms with Crippen LogP contribution in [0.5, 0.6) is 0 Å². The van der Waals surface area contributed by atoms with Gasteiger partial charge in [-0.15, -0.1) is 0 Å². The zero-order valence-electron chi connectivity index (χ0n) is 11.4. The lowest BCUT2D eigenvalue weighted by atomic mass is 10.1. The Labute approximate surface area is 118 Å². The van der Waals surface area contributed by atoms with Crippen LogP contribution in [-0.4, -0.2) is 42.2 Å². The predicted molar refractivity (Wildman–Crippen MR) is 73.0 cm³/mol. The van der Waals surface area contributed by atoms with Crippen LogP contribution in [0.25, 0.3) is 0 Å². The number of aliphatic carboxylic acids is 1. The fourth-order valence-electron chi connectivity index (χ4n) is 2.43. The third-order valence-electron chi connectivity index (χ3n) is 3.49. The van der Waals surface area contributed by atoms with Crippen molar-refractivity contribution in [1.82, 2.24) is 4.90 Å². The molecule has 0 radical (unpaired) electrons.